The number of hydrogen-bond acceptors (Lipinski definition) is 4. The summed E-state index contributed by atoms with van der Waals surface area (Å²) < 4.78 is 79.0. The van der Waals surface area contributed by atoms with Gasteiger partial charge in [-0.3, -0.25) is 0 Å². The van der Waals surface area contributed by atoms with E-state index in [0.717, 1.165) is 16.5 Å². The molecule has 0 radical (unpaired) electrons. The Morgan fingerprint density at radius 2 is 1.14 bits per heavy atom. The van der Waals surface area contributed by atoms with Gasteiger partial charge in [-0.15, -0.1) is 0 Å². The molecule has 0 saturated carbocycles. The van der Waals surface area contributed by atoms with Gasteiger partial charge in [0.05, 0.1) is 22.0 Å². The molecule has 50 heavy (non-hydrogen) atoms. The van der Waals surface area contributed by atoms with Crippen LogP contribution in [-0.4, -0.2) is 19.5 Å². The van der Waals surface area contributed by atoms with E-state index in [0.29, 0.717) is 50.7 Å². The summed E-state index contributed by atoms with van der Waals surface area (Å²) >= 11 is 0. The second-order valence-corrected chi connectivity index (χ2v) is 11.8. The first-order valence-electron chi connectivity index (χ1n) is 20.0. The van der Waals surface area contributed by atoms with E-state index in [1.807, 2.05) is 91.0 Å². The standard InChI is InChI=1S/C45H28N4O/c1-4-14-29(15-5-1)43-46-44(30-16-6-2-7-17-30)48-45(47-43)31-26-27-36-40(28-31)50-39-25-13-22-34(42(36)39)33-21-12-24-38-41(33)35-20-10-11-23-37(35)49(38)32-18-8-3-9-19-32/h1-28H/i3D,10D,18D,19D,20D,21D,23D,24D. The summed E-state index contributed by atoms with van der Waals surface area (Å²) in [6.45, 7) is 0. The summed E-state index contributed by atoms with van der Waals surface area (Å²) in [5.41, 5.74) is 4.67. The molecular weight excluding hydrogens is 613 g/mol. The summed E-state index contributed by atoms with van der Waals surface area (Å²) in [5, 5.41) is 1.83. The topological polar surface area (TPSA) is 56.7 Å². The van der Waals surface area contributed by atoms with Gasteiger partial charge in [0.15, 0.2) is 17.5 Å². The molecule has 5 heteroatoms. The summed E-state index contributed by atoms with van der Waals surface area (Å²) in [6, 6.07) is 34.6. The average molecular weight is 649 g/mol. The van der Waals surface area contributed by atoms with Crippen LogP contribution in [0.2, 0.25) is 0 Å². The van der Waals surface area contributed by atoms with Crippen LogP contribution in [-0.2, 0) is 0 Å². The molecule has 10 aromatic rings. The zero-order valence-electron chi connectivity index (χ0n) is 34.2. The number of nitrogens with zero attached hydrogens (tertiary/aromatic N) is 4. The van der Waals surface area contributed by atoms with Gasteiger partial charge in [0, 0.05) is 43.9 Å². The Morgan fingerprint density at radius 1 is 0.460 bits per heavy atom. The molecule has 3 heterocycles. The van der Waals surface area contributed by atoms with Crippen molar-refractivity contribution in [1.29, 1.82) is 0 Å². The smallest absolute Gasteiger partial charge is 0.164 e. The van der Waals surface area contributed by atoms with E-state index >= 15 is 0 Å². The minimum Gasteiger partial charge on any atom is -0.456 e. The summed E-state index contributed by atoms with van der Waals surface area (Å²) in [4.78, 5) is 14.6. The maximum absolute atomic E-state index is 9.34. The SMILES string of the molecule is [2H]c1cc([2H])c(-n2c3c([2H])cc([2H])c([2H])c3c3c(-c4cccc5oc6cc(-c7nc(-c8ccccc8)nc(-c8ccccc8)n7)ccc6c45)c([2H])cc([2H])c32)c([2H])c1. The molecule has 0 amide bonds. The number of furan rings is 1. The molecule has 0 saturated heterocycles. The molecule has 0 unspecified atom stereocenters. The fraction of sp³-hybridized carbons (Fsp3) is 0. The van der Waals surface area contributed by atoms with E-state index in [9.17, 15) is 1.37 Å². The summed E-state index contributed by atoms with van der Waals surface area (Å²) in [7, 11) is 0. The van der Waals surface area contributed by atoms with Crippen molar-refractivity contribution in [2.75, 3.05) is 0 Å². The van der Waals surface area contributed by atoms with Crippen LogP contribution in [0, 0.1) is 0 Å². The molecule has 0 aliphatic rings. The second kappa shape index (κ2) is 11.4. The van der Waals surface area contributed by atoms with E-state index in [4.69, 9.17) is 29.0 Å². The van der Waals surface area contributed by atoms with Crippen LogP contribution in [0.15, 0.2) is 174 Å². The molecule has 0 spiro atoms. The average Bonchev–Trinajstić information content (AvgIpc) is 3.77. The first kappa shape index (κ1) is 21.2. The molecule has 234 valence electrons. The van der Waals surface area contributed by atoms with E-state index < -0.39 is 0 Å². The molecule has 0 bridgehead atoms. The Kier molecular flexibility index (Phi) is 4.83. The lowest BCUT2D eigenvalue weighted by atomic mass is 9.95. The van der Waals surface area contributed by atoms with Crippen LogP contribution < -0.4 is 0 Å². The van der Waals surface area contributed by atoms with Gasteiger partial charge < -0.3 is 8.98 Å². The quantitative estimate of drug-likeness (QED) is 0.186. The highest BCUT2D eigenvalue weighted by Crippen LogP contribution is 2.43. The van der Waals surface area contributed by atoms with Crippen LogP contribution in [0.25, 0.3) is 94.7 Å². The van der Waals surface area contributed by atoms with Crippen molar-refractivity contribution in [3.8, 4) is 51.0 Å². The Balaban J connectivity index is 1.24. The van der Waals surface area contributed by atoms with Crippen molar-refractivity contribution in [3.05, 3.63) is 170 Å². The fourth-order valence-electron chi connectivity index (χ4n) is 6.65. The Morgan fingerprint density at radius 3 is 1.88 bits per heavy atom. The molecule has 5 nitrogen and oxygen atoms in total. The lowest BCUT2D eigenvalue weighted by molar-refractivity contribution is 0.669. The van der Waals surface area contributed by atoms with Crippen LogP contribution in [0.3, 0.4) is 0 Å². The molecule has 0 N–H and O–H groups in total. The highest BCUT2D eigenvalue weighted by Gasteiger charge is 2.20. The van der Waals surface area contributed by atoms with E-state index in [1.54, 1.807) is 6.07 Å². The molecule has 0 aliphatic heterocycles. The molecular formula is C45H28N4O. The third-order valence-electron chi connectivity index (χ3n) is 8.86. The van der Waals surface area contributed by atoms with E-state index in [1.165, 1.54) is 28.8 Å². The van der Waals surface area contributed by atoms with E-state index in [-0.39, 0.29) is 75.8 Å². The minimum atomic E-state index is -0.216. The zero-order chi connectivity index (χ0) is 40.0. The van der Waals surface area contributed by atoms with Crippen molar-refractivity contribution in [3.63, 3.8) is 0 Å². The highest BCUT2D eigenvalue weighted by atomic mass is 16.3. The number of rotatable bonds is 5. The molecule has 7 aromatic carbocycles. The van der Waals surface area contributed by atoms with Gasteiger partial charge in [-0.05, 0) is 53.5 Å². The van der Waals surface area contributed by atoms with Crippen LogP contribution in [0.5, 0.6) is 0 Å². The van der Waals surface area contributed by atoms with Gasteiger partial charge in [-0.1, -0.05) is 127 Å². The Hall–Kier alpha value is -6.85. The molecule has 3 aromatic heterocycles. The Bertz CT molecular complexity index is 3250. The maximum atomic E-state index is 9.34. The van der Waals surface area contributed by atoms with Crippen molar-refractivity contribution in [2.24, 2.45) is 0 Å². The molecule has 0 atom stereocenters. The lowest BCUT2D eigenvalue weighted by Crippen LogP contribution is -2.00. The van der Waals surface area contributed by atoms with Gasteiger partial charge in [-0.25, -0.2) is 15.0 Å². The number of para-hydroxylation sites is 2. The number of hydrogen-bond donors (Lipinski definition) is 0. The van der Waals surface area contributed by atoms with Gasteiger partial charge in [0.1, 0.15) is 11.2 Å². The normalized spacial score (nSPS) is 13.8. The number of fused-ring (bicyclic) bond motifs is 6. The Labute approximate surface area is 299 Å². The highest BCUT2D eigenvalue weighted by molar-refractivity contribution is 6.21. The first-order valence-corrected chi connectivity index (χ1v) is 16.0. The van der Waals surface area contributed by atoms with Gasteiger partial charge in [0.2, 0.25) is 0 Å². The predicted octanol–water partition coefficient (Wildman–Crippen LogP) is 11.5. The van der Waals surface area contributed by atoms with Crippen LogP contribution >= 0.6 is 0 Å². The van der Waals surface area contributed by atoms with Gasteiger partial charge >= 0.3 is 0 Å². The third kappa shape index (κ3) is 4.52. The predicted molar refractivity (Wildman–Crippen MR) is 203 cm³/mol. The third-order valence-corrected chi connectivity index (χ3v) is 8.86. The van der Waals surface area contributed by atoms with Crippen LogP contribution in [0.4, 0.5) is 0 Å². The van der Waals surface area contributed by atoms with Crippen LogP contribution in [0.1, 0.15) is 11.0 Å². The fourth-order valence-corrected chi connectivity index (χ4v) is 6.65. The number of aromatic nitrogens is 4. The van der Waals surface area contributed by atoms with Crippen molar-refractivity contribution in [2.45, 2.75) is 0 Å². The van der Waals surface area contributed by atoms with Gasteiger partial charge in [-0.2, -0.15) is 0 Å². The van der Waals surface area contributed by atoms with E-state index in [2.05, 4.69) is 0 Å². The van der Waals surface area contributed by atoms with Crippen molar-refractivity contribution >= 4 is 43.7 Å². The summed E-state index contributed by atoms with van der Waals surface area (Å²) in [6.07, 6.45) is 0. The van der Waals surface area contributed by atoms with Crippen molar-refractivity contribution < 1.29 is 15.4 Å². The maximum Gasteiger partial charge on any atom is 0.164 e. The first-order chi connectivity index (χ1) is 28.1. The number of benzene rings is 7. The molecule has 0 fully saturated rings. The monoisotopic (exact) mass is 648 g/mol. The largest absolute Gasteiger partial charge is 0.456 e. The molecule has 10 rings (SSSR count). The lowest BCUT2D eigenvalue weighted by Gasteiger charge is -2.09. The minimum absolute atomic E-state index is 0.0258. The second-order valence-electron chi connectivity index (χ2n) is 11.8. The van der Waals surface area contributed by atoms with Crippen molar-refractivity contribution in [1.82, 2.24) is 19.5 Å². The zero-order valence-corrected chi connectivity index (χ0v) is 26.2. The molecule has 0 aliphatic carbocycles. The van der Waals surface area contributed by atoms with Gasteiger partial charge in [0.25, 0.3) is 0 Å². The summed E-state index contributed by atoms with van der Waals surface area (Å²) in [5.74, 6) is 1.49.